The number of benzene rings is 2. The SMILES string of the molecule is Oc1ccc2c(c1)O[C@@H](CNCc1cncc(-c3ccc(F)cc3)c1)CC2. The number of nitrogens with one attached hydrogen (secondary N) is 1. The van der Waals surface area contributed by atoms with Crippen LogP contribution in [0.5, 0.6) is 11.5 Å². The van der Waals surface area contributed by atoms with E-state index in [1.54, 1.807) is 30.5 Å². The van der Waals surface area contributed by atoms with Crippen molar-refractivity contribution in [1.29, 1.82) is 0 Å². The molecule has 1 aliphatic rings. The Bertz CT molecular complexity index is 928. The molecule has 0 amide bonds. The van der Waals surface area contributed by atoms with Gasteiger partial charge in [0.1, 0.15) is 23.4 Å². The quantitative estimate of drug-likeness (QED) is 0.716. The van der Waals surface area contributed by atoms with Gasteiger partial charge in [-0.25, -0.2) is 4.39 Å². The summed E-state index contributed by atoms with van der Waals surface area (Å²) in [6.45, 7) is 1.39. The molecule has 138 valence electrons. The molecule has 3 aromatic rings. The first kappa shape index (κ1) is 17.5. The van der Waals surface area contributed by atoms with Gasteiger partial charge >= 0.3 is 0 Å². The Morgan fingerprint density at radius 2 is 1.93 bits per heavy atom. The molecular formula is C22H21FN2O2. The monoisotopic (exact) mass is 364 g/mol. The minimum atomic E-state index is -0.244. The molecule has 1 aromatic heterocycles. The third kappa shape index (κ3) is 4.26. The Labute approximate surface area is 157 Å². The highest BCUT2D eigenvalue weighted by atomic mass is 19.1. The molecule has 0 radical (unpaired) electrons. The third-order valence-corrected chi connectivity index (χ3v) is 4.75. The number of ether oxygens (including phenoxy) is 1. The Balaban J connectivity index is 1.34. The largest absolute Gasteiger partial charge is 0.508 e. The van der Waals surface area contributed by atoms with Crippen molar-refractivity contribution < 1.29 is 14.2 Å². The zero-order chi connectivity index (χ0) is 18.6. The first-order chi connectivity index (χ1) is 13.2. The van der Waals surface area contributed by atoms with E-state index in [1.165, 1.54) is 12.1 Å². The number of hydrogen-bond acceptors (Lipinski definition) is 4. The minimum absolute atomic E-state index is 0.0764. The zero-order valence-corrected chi connectivity index (χ0v) is 14.9. The van der Waals surface area contributed by atoms with Gasteiger partial charge in [-0.3, -0.25) is 4.98 Å². The number of phenolic OH excluding ortho intramolecular Hbond substituents is 1. The first-order valence-electron chi connectivity index (χ1n) is 9.06. The van der Waals surface area contributed by atoms with Gasteiger partial charge in [-0.1, -0.05) is 18.2 Å². The summed E-state index contributed by atoms with van der Waals surface area (Å²) < 4.78 is 19.1. The average Bonchev–Trinajstić information content (AvgIpc) is 2.68. The molecule has 2 heterocycles. The fourth-order valence-electron chi connectivity index (χ4n) is 3.32. The summed E-state index contributed by atoms with van der Waals surface area (Å²) in [5, 5.41) is 13.0. The summed E-state index contributed by atoms with van der Waals surface area (Å²) in [6, 6.07) is 13.8. The minimum Gasteiger partial charge on any atom is -0.508 e. The predicted octanol–water partition coefficient (Wildman–Crippen LogP) is 4.08. The maximum Gasteiger partial charge on any atom is 0.126 e. The van der Waals surface area contributed by atoms with Crippen LogP contribution in [0.4, 0.5) is 4.39 Å². The molecule has 2 N–H and O–H groups in total. The second-order valence-corrected chi connectivity index (χ2v) is 6.79. The smallest absolute Gasteiger partial charge is 0.126 e. The van der Waals surface area contributed by atoms with Crippen molar-refractivity contribution in [1.82, 2.24) is 10.3 Å². The van der Waals surface area contributed by atoms with Crippen molar-refractivity contribution in [2.45, 2.75) is 25.5 Å². The Morgan fingerprint density at radius 3 is 2.78 bits per heavy atom. The summed E-state index contributed by atoms with van der Waals surface area (Å²) >= 11 is 0. The van der Waals surface area contributed by atoms with E-state index in [0.717, 1.165) is 47.4 Å². The Hall–Kier alpha value is -2.92. The highest BCUT2D eigenvalue weighted by Gasteiger charge is 2.19. The number of aryl methyl sites for hydroxylation is 1. The van der Waals surface area contributed by atoms with E-state index in [9.17, 15) is 9.50 Å². The maximum absolute atomic E-state index is 13.1. The van der Waals surface area contributed by atoms with Crippen molar-refractivity contribution >= 4 is 0 Å². The van der Waals surface area contributed by atoms with Crippen LogP contribution in [0.15, 0.2) is 60.9 Å². The standard InChI is InChI=1S/C22H21FN2O2/c23-19-5-1-16(2-6-19)18-9-15(11-24-13-18)12-25-14-21-8-4-17-3-7-20(26)10-22(17)27-21/h1-3,5-7,9-11,13,21,25-26H,4,8,12,14H2/t21-/m1/s1. The van der Waals surface area contributed by atoms with E-state index < -0.39 is 0 Å². The van der Waals surface area contributed by atoms with Crippen LogP contribution >= 0.6 is 0 Å². The average molecular weight is 364 g/mol. The normalized spacial score (nSPS) is 15.8. The van der Waals surface area contributed by atoms with Gasteiger partial charge in [0.2, 0.25) is 0 Å². The lowest BCUT2D eigenvalue weighted by Gasteiger charge is -2.26. The molecule has 0 saturated heterocycles. The van der Waals surface area contributed by atoms with Gasteiger partial charge < -0.3 is 15.2 Å². The van der Waals surface area contributed by atoms with Crippen LogP contribution in [-0.2, 0) is 13.0 Å². The van der Waals surface area contributed by atoms with Gasteiger partial charge in [0.25, 0.3) is 0 Å². The van der Waals surface area contributed by atoms with Crippen molar-refractivity contribution in [2.24, 2.45) is 0 Å². The molecule has 4 nitrogen and oxygen atoms in total. The van der Waals surface area contributed by atoms with Crippen molar-refractivity contribution in [3.05, 3.63) is 77.9 Å². The summed E-state index contributed by atoms with van der Waals surface area (Å²) in [5.41, 5.74) is 4.11. The van der Waals surface area contributed by atoms with E-state index in [1.807, 2.05) is 12.3 Å². The van der Waals surface area contributed by atoms with Crippen molar-refractivity contribution in [3.63, 3.8) is 0 Å². The van der Waals surface area contributed by atoms with Gasteiger partial charge in [-0.05, 0) is 53.8 Å². The molecule has 2 aromatic carbocycles. The molecular weight excluding hydrogens is 343 g/mol. The molecule has 0 fully saturated rings. The molecule has 1 aliphatic heterocycles. The van der Waals surface area contributed by atoms with Gasteiger partial charge in [0.05, 0.1) is 0 Å². The van der Waals surface area contributed by atoms with Crippen LogP contribution in [0.3, 0.4) is 0 Å². The Kier molecular flexibility index (Phi) is 5.03. The van der Waals surface area contributed by atoms with Gasteiger partial charge in [0, 0.05) is 37.1 Å². The number of aromatic nitrogens is 1. The second kappa shape index (κ2) is 7.76. The molecule has 1 atom stereocenters. The van der Waals surface area contributed by atoms with Crippen LogP contribution in [0, 0.1) is 5.82 Å². The zero-order valence-electron chi connectivity index (χ0n) is 14.9. The van der Waals surface area contributed by atoms with Crippen molar-refractivity contribution in [2.75, 3.05) is 6.54 Å². The van der Waals surface area contributed by atoms with E-state index in [-0.39, 0.29) is 17.7 Å². The number of pyridine rings is 1. The van der Waals surface area contributed by atoms with Crippen molar-refractivity contribution in [3.8, 4) is 22.6 Å². The first-order valence-corrected chi connectivity index (χ1v) is 9.06. The second-order valence-electron chi connectivity index (χ2n) is 6.79. The van der Waals surface area contributed by atoms with E-state index in [0.29, 0.717) is 6.54 Å². The van der Waals surface area contributed by atoms with Crippen LogP contribution in [0.2, 0.25) is 0 Å². The van der Waals surface area contributed by atoms with Crippen LogP contribution < -0.4 is 10.1 Å². The highest BCUT2D eigenvalue weighted by molar-refractivity contribution is 5.62. The lowest BCUT2D eigenvalue weighted by molar-refractivity contribution is 0.169. The summed E-state index contributed by atoms with van der Waals surface area (Å²) in [7, 11) is 0. The Morgan fingerprint density at radius 1 is 1.07 bits per heavy atom. The van der Waals surface area contributed by atoms with E-state index in [2.05, 4.69) is 16.4 Å². The number of rotatable bonds is 5. The number of fused-ring (bicyclic) bond motifs is 1. The molecule has 0 unspecified atom stereocenters. The number of nitrogens with zero attached hydrogens (tertiary/aromatic N) is 1. The molecule has 5 heteroatoms. The molecule has 0 spiro atoms. The van der Waals surface area contributed by atoms with E-state index in [4.69, 9.17) is 4.74 Å². The van der Waals surface area contributed by atoms with Crippen LogP contribution in [0.25, 0.3) is 11.1 Å². The number of phenols is 1. The number of aromatic hydroxyl groups is 1. The fourth-order valence-corrected chi connectivity index (χ4v) is 3.32. The number of halogens is 1. The van der Waals surface area contributed by atoms with Gasteiger partial charge in [-0.2, -0.15) is 0 Å². The van der Waals surface area contributed by atoms with Crippen LogP contribution in [0.1, 0.15) is 17.5 Å². The summed E-state index contributed by atoms with van der Waals surface area (Å²) in [5.74, 6) is 0.756. The third-order valence-electron chi connectivity index (χ3n) is 4.75. The summed E-state index contributed by atoms with van der Waals surface area (Å²) in [6.07, 6.45) is 5.58. The predicted molar refractivity (Wildman–Crippen MR) is 102 cm³/mol. The molecule has 4 rings (SSSR count). The maximum atomic E-state index is 13.1. The molecule has 0 bridgehead atoms. The lowest BCUT2D eigenvalue weighted by atomic mass is 10.0. The topological polar surface area (TPSA) is 54.4 Å². The van der Waals surface area contributed by atoms with Crippen LogP contribution in [-0.4, -0.2) is 22.7 Å². The molecule has 27 heavy (non-hydrogen) atoms. The summed E-state index contributed by atoms with van der Waals surface area (Å²) in [4.78, 5) is 4.30. The fraction of sp³-hybridized carbons (Fsp3) is 0.227. The number of hydrogen-bond donors (Lipinski definition) is 2. The molecule has 0 saturated carbocycles. The van der Waals surface area contributed by atoms with E-state index >= 15 is 0 Å². The lowest BCUT2D eigenvalue weighted by Crippen LogP contribution is -2.33. The molecule has 0 aliphatic carbocycles. The van der Waals surface area contributed by atoms with Gasteiger partial charge in [0.15, 0.2) is 0 Å². The highest BCUT2D eigenvalue weighted by Crippen LogP contribution is 2.30. The van der Waals surface area contributed by atoms with Gasteiger partial charge in [-0.15, -0.1) is 0 Å².